The lowest BCUT2D eigenvalue weighted by Gasteiger charge is -2.39. The summed E-state index contributed by atoms with van der Waals surface area (Å²) in [4.78, 5) is 19.1. The summed E-state index contributed by atoms with van der Waals surface area (Å²) in [5.74, 6) is 0.642. The van der Waals surface area contributed by atoms with Crippen LogP contribution in [0.2, 0.25) is 0 Å². The zero-order chi connectivity index (χ0) is 16.0. The Kier molecular flexibility index (Phi) is 3.53. The van der Waals surface area contributed by atoms with Gasteiger partial charge in [0.1, 0.15) is 6.61 Å². The Labute approximate surface area is 136 Å². The molecule has 2 heterocycles. The Morgan fingerprint density at radius 1 is 1.35 bits per heavy atom. The first kappa shape index (κ1) is 14.6. The van der Waals surface area contributed by atoms with E-state index < -0.39 is 0 Å². The molecular formula is C18H23N3O2. The quantitative estimate of drug-likeness (QED) is 0.944. The molecule has 2 fully saturated rings. The molecule has 1 N–H and O–H groups in total. The number of carbonyl (C=O) groups excluding carboxylic acids is 1. The van der Waals surface area contributed by atoms with Crippen LogP contribution in [0.1, 0.15) is 29.9 Å². The molecule has 122 valence electrons. The van der Waals surface area contributed by atoms with Gasteiger partial charge in [-0.05, 0) is 56.1 Å². The number of aromatic nitrogens is 1. The smallest absolute Gasteiger partial charge is 0.410 e. The van der Waals surface area contributed by atoms with Crippen LogP contribution in [-0.2, 0) is 11.3 Å². The number of amides is 1. The fourth-order valence-corrected chi connectivity index (χ4v) is 3.68. The molecule has 1 saturated heterocycles. The number of fused-ring (bicyclic) bond motifs is 1. The highest BCUT2D eigenvalue weighted by Crippen LogP contribution is 2.41. The van der Waals surface area contributed by atoms with E-state index in [1.165, 1.54) is 34.9 Å². The number of carbonyl (C=O) groups is 1. The number of benzene rings is 1. The van der Waals surface area contributed by atoms with Crippen LogP contribution in [0.5, 0.6) is 0 Å². The van der Waals surface area contributed by atoms with Crippen LogP contribution < -0.4 is 0 Å². The van der Waals surface area contributed by atoms with E-state index in [0.29, 0.717) is 31.7 Å². The summed E-state index contributed by atoms with van der Waals surface area (Å²) in [7, 11) is 4.31. The van der Waals surface area contributed by atoms with Gasteiger partial charge < -0.3 is 19.5 Å². The maximum Gasteiger partial charge on any atom is 0.410 e. The summed E-state index contributed by atoms with van der Waals surface area (Å²) in [5, 5.41) is 1.30. The van der Waals surface area contributed by atoms with Crippen molar-refractivity contribution in [3.63, 3.8) is 0 Å². The summed E-state index contributed by atoms with van der Waals surface area (Å²) >= 11 is 0. The first-order valence-electron chi connectivity index (χ1n) is 8.30. The van der Waals surface area contributed by atoms with Crippen molar-refractivity contribution in [2.75, 3.05) is 27.2 Å². The van der Waals surface area contributed by atoms with Gasteiger partial charge >= 0.3 is 6.09 Å². The van der Waals surface area contributed by atoms with E-state index >= 15 is 0 Å². The molecule has 2 aromatic rings. The second kappa shape index (κ2) is 5.57. The van der Waals surface area contributed by atoms with Crippen molar-refractivity contribution in [2.45, 2.75) is 31.3 Å². The monoisotopic (exact) mass is 313 g/mol. The van der Waals surface area contributed by atoms with Gasteiger partial charge in [0.25, 0.3) is 0 Å². The van der Waals surface area contributed by atoms with E-state index in [-0.39, 0.29) is 6.09 Å². The number of ether oxygens (including phenoxy) is 1. The fraction of sp³-hybridized carbons (Fsp3) is 0.500. The first-order chi connectivity index (χ1) is 11.1. The lowest BCUT2D eigenvalue weighted by molar-refractivity contribution is 0.157. The average Bonchev–Trinajstić information content (AvgIpc) is 3.05. The third kappa shape index (κ3) is 2.59. The van der Waals surface area contributed by atoms with Gasteiger partial charge in [0, 0.05) is 29.7 Å². The topological polar surface area (TPSA) is 48.6 Å². The molecule has 0 spiro atoms. The Balaban J connectivity index is 1.56. The fourth-order valence-electron chi connectivity index (χ4n) is 3.68. The maximum absolute atomic E-state index is 11.6. The van der Waals surface area contributed by atoms with Crippen molar-refractivity contribution < 1.29 is 9.53 Å². The molecule has 2 aliphatic rings. The summed E-state index contributed by atoms with van der Waals surface area (Å²) in [5.41, 5.74) is 3.77. The van der Waals surface area contributed by atoms with Crippen molar-refractivity contribution in [1.82, 2.24) is 14.8 Å². The standard InChI is InChI=1S/C18H23N3O2/c1-20(2)14-8-13(9-14)16-10-19-17-4-3-12(7-15(16)17)11-21-5-6-23-18(21)22/h3-4,7,10,13-14,19H,5-6,8-9,11H2,1-2H3. The minimum atomic E-state index is -0.202. The molecule has 0 unspecified atom stereocenters. The number of hydrogen-bond donors (Lipinski definition) is 1. The zero-order valence-electron chi connectivity index (χ0n) is 13.7. The minimum Gasteiger partial charge on any atom is -0.448 e. The predicted molar refractivity (Wildman–Crippen MR) is 89.5 cm³/mol. The lowest BCUT2D eigenvalue weighted by Crippen LogP contribution is -2.39. The maximum atomic E-state index is 11.6. The SMILES string of the molecule is CN(C)C1CC(c2c[nH]c3ccc(CN4CCOC4=O)cc23)C1. The Bertz CT molecular complexity index is 731. The molecule has 5 nitrogen and oxygen atoms in total. The summed E-state index contributed by atoms with van der Waals surface area (Å²) < 4.78 is 5.01. The highest BCUT2D eigenvalue weighted by molar-refractivity contribution is 5.84. The van der Waals surface area contributed by atoms with Crippen LogP contribution in [-0.4, -0.2) is 54.2 Å². The zero-order valence-corrected chi connectivity index (χ0v) is 13.7. The van der Waals surface area contributed by atoms with Gasteiger partial charge in [-0.15, -0.1) is 0 Å². The molecule has 4 rings (SSSR count). The van der Waals surface area contributed by atoms with Gasteiger partial charge in [0.15, 0.2) is 0 Å². The molecule has 0 radical (unpaired) electrons. The van der Waals surface area contributed by atoms with Crippen molar-refractivity contribution in [2.24, 2.45) is 0 Å². The third-order valence-electron chi connectivity index (χ3n) is 5.28. The lowest BCUT2D eigenvalue weighted by atomic mass is 9.75. The molecule has 1 aliphatic carbocycles. The Morgan fingerprint density at radius 2 is 2.17 bits per heavy atom. The Morgan fingerprint density at radius 3 is 2.87 bits per heavy atom. The predicted octanol–water partition coefficient (Wildman–Crippen LogP) is 2.93. The molecule has 1 aliphatic heterocycles. The Hall–Kier alpha value is -2.01. The molecule has 1 aromatic heterocycles. The van der Waals surface area contributed by atoms with E-state index in [4.69, 9.17) is 4.74 Å². The van der Waals surface area contributed by atoms with Crippen LogP contribution in [0.15, 0.2) is 24.4 Å². The first-order valence-corrected chi connectivity index (χ1v) is 8.30. The van der Waals surface area contributed by atoms with Gasteiger partial charge in [-0.3, -0.25) is 0 Å². The summed E-state index contributed by atoms with van der Waals surface area (Å²) in [6.45, 7) is 1.82. The average molecular weight is 313 g/mol. The number of aromatic amines is 1. The van der Waals surface area contributed by atoms with E-state index in [1.807, 2.05) is 0 Å². The van der Waals surface area contributed by atoms with E-state index in [0.717, 1.165) is 0 Å². The van der Waals surface area contributed by atoms with Crippen LogP contribution in [0.3, 0.4) is 0 Å². The van der Waals surface area contributed by atoms with Gasteiger partial charge in [-0.2, -0.15) is 0 Å². The number of nitrogens with one attached hydrogen (secondary N) is 1. The molecule has 0 atom stereocenters. The van der Waals surface area contributed by atoms with Crippen molar-refractivity contribution in [3.8, 4) is 0 Å². The number of nitrogens with zero attached hydrogens (tertiary/aromatic N) is 2. The third-order valence-corrected chi connectivity index (χ3v) is 5.28. The highest BCUT2D eigenvalue weighted by atomic mass is 16.6. The highest BCUT2D eigenvalue weighted by Gasteiger charge is 2.33. The molecular weight excluding hydrogens is 290 g/mol. The van der Waals surface area contributed by atoms with Crippen molar-refractivity contribution in [1.29, 1.82) is 0 Å². The minimum absolute atomic E-state index is 0.202. The van der Waals surface area contributed by atoms with Crippen molar-refractivity contribution in [3.05, 3.63) is 35.5 Å². The van der Waals surface area contributed by atoms with Crippen LogP contribution in [0.25, 0.3) is 10.9 Å². The summed E-state index contributed by atoms with van der Waals surface area (Å²) in [6, 6.07) is 7.15. The van der Waals surface area contributed by atoms with Crippen LogP contribution >= 0.6 is 0 Å². The van der Waals surface area contributed by atoms with Gasteiger partial charge in [0.2, 0.25) is 0 Å². The molecule has 1 amide bonds. The largest absolute Gasteiger partial charge is 0.448 e. The van der Waals surface area contributed by atoms with E-state index in [9.17, 15) is 4.79 Å². The number of H-pyrrole nitrogens is 1. The summed E-state index contributed by atoms with van der Waals surface area (Å²) in [6.07, 6.45) is 4.41. The van der Waals surface area contributed by atoms with Crippen molar-refractivity contribution >= 4 is 17.0 Å². The molecule has 1 saturated carbocycles. The van der Waals surface area contributed by atoms with Gasteiger partial charge in [-0.1, -0.05) is 6.07 Å². The molecule has 1 aromatic carbocycles. The van der Waals surface area contributed by atoms with Gasteiger partial charge in [-0.25, -0.2) is 4.79 Å². The molecule has 5 heteroatoms. The molecule has 0 bridgehead atoms. The van der Waals surface area contributed by atoms with E-state index in [1.54, 1.807) is 4.90 Å². The van der Waals surface area contributed by atoms with Crippen LogP contribution in [0.4, 0.5) is 4.79 Å². The van der Waals surface area contributed by atoms with Crippen LogP contribution in [0, 0.1) is 0 Å². The number of cyclic esters (lactones) is 1. The van der Waals surface area contributed by atoms with E-state index in [2.05, 4.69) is 48.4 Å². The normalized spacial score (nSPS) is 24.3. The van der Waals surface area contributed by atoms with Gasteiger partial charge in [0.05, 0.1) is 6.54 Å². The number of rotatable bonds is 4. The second-order valence-electron chi connectivity index (χ2n) is 6.95. The second-order valence-corrected chi connectivity index (χ2v) is 6.95. The number of hydrogen-bond acceptors (Lipinski definition) is 3. The molecule has 23 heavy (non-hydrogen) atoms.